The van der Waals surface area contributed by atoms with Gasteiger partial charge in [-0.05, 0) is 59.4 Å². The lowest BCUT2D eigenvalue weighted by Crippen LogP contribution is -2.46. The van der Waals surface area contributed by atoms with Gasteiger partial charge in [0.15, 0.2) is 0 Å². The van der Waals surface area contributed by atoms with Crippen LogP contribution in [0, 0.1) is 0 Å². The second-order valence-electron chi connectivity index (χ2n) is 6.68. The molecule has 0 fully saturated rings. The number of likely N-dealkylation sites (N-methyl/N-ethyl adjacent to an activating group) is 1. The summed E-state index contributed by atoms with van der Waals surface area (Å²) in [7, 11) is -1.80. The number of allylic oxidation sites excluding steroid dienone is 4. The summed E-state index contributed by atoms with van der Waals surface area (Å²) in [6.45, 7) is 10.6. The van der Waals surface area contributed by atoms with Gasteiger partial charge >= 0.3 is 0 Å². The Labute approximate surface area is 168 Å². The number of hydrogen-bond donors (Lipinski definition) is 2. The Morgan fingerprint density at radius 2 is 1.96 bits per heavy atom. The Morgan fingerprint density at radius 1 is 1.35 bits per heavy atom. The van der Waals surface area contributed by atoms with Gasteiger partial charge in [-0.25, -0.2) is 8.42 Å². The predicted octanol–water partition coefficient (Wildman–Crippen LogP) is 3.62. The quantitative estimate of drug-likeness (QED) is 0.219. The van der Waals surface area contributed by atoms with E-state index in [1.807, 2.05) is 14.0 Å². The van der Waals surface area contributed by atoms with Crippen molar-refractivity contribution in [2.24, 2.45) is 0 Å². The van der Waals surface area contributed by atoms with Gasteiger partial charge in [-0.3, -0.25) is 0 Å². The third-order valence-corrected chi connectivity index (χ3v) is 4.93. The van der Waals surface area contributed by atoms with E-state index in [9.17, 15) is 13.2 Å². The van der Waals surface area contributed by atoms with Crippen molar-refractivity contribution < 1.29 is 13.2 Å². The van der Waals surface area contributed by atoms with Crippen LogP contribution in [-0.2, 0) is 14.8 Å². The molecule has 0 aromatic heterocycles. The number of hydrogen-bond acceptors (Lipinski definition) is 5. The molecular formula is C18H29ClN2O3S2. The summed E-state index contributed by atoms with van der Waals surface area (Å²) in [6.07, 6.45) is 6.33. The van der Waals surface area contributed by atoms with Crippen LogP contribution in [0.15, 0.2) is 45.7 Å². The first-order chi connectivity index (χ1) is 11.9. The maximum Gasteiger partial charge on any atom is 0.234 e. The van der Waals surface area contributed by atoms with Crippen molar-refractivity contribution in [2.75, 3.05) is 20.1 Å². The zero-order valence-corrected chi connectivity index (χ0v) is 18.3. The normalized spacial score (nSPS) is 16.1. The average molecular weight is 421 g/mol. The molecule has 0 unspecified atom stereocenters. The Balaban J connectivity index is 4.84. The van der Waals surface area contributed by atoms with E-state index < -0.39 is 15.6 Å². The SMILES string of the molecule is C=C(C)CN(C)CCC[C@@](C)(C=O)NS(=O)(=O)/C=C/C(C)=C/C=C(\S)Cl. The molecule has 8 heteroatoms. The van der Waals surface area contributed by atoms with Crippen LogP contribution in [0.25, 0.3) is 0 Å². The third kappa shape index (κ3) is 12.5. The largest absolute Gasteiger partial charge is 0.302 e. The number of nitrogens with zero attached hydrogens (tertiary/aromatic N) is 1. The van der Waals surface area contributed by atoms with Crippen LogP contribution in [0.4, 0.5) is 0 Å². The molecule has 5 nitrogen and oxygen atoms in total. The topological polar surface area (TPSA) is 66.5 Å². The van der Waals surface area contributed by atoms with Crippen molar-refractivity contribution in [3.8, 4) is 0 Å². The van der Waals surface area contributed by atoms with Crippen LogP contribution >= 0.6 is 24.2 Å². The van der Waals surface area contributed by atoms with E-state index in [0.717, 1.165) is 24.1 Å². The summed E-state index contributed by atoms with van der Waals surface area (Å²) in [5.74, 6) is 0. The first kappa shape index (κ1) is 25.1. The average Bonchev–Trinajstić information content (AvgIpc) is 2.49. The van der Waals surface area contributed by atoms with E-state index in [-0.39, 0.29) is 0 Å². The lowest BCUT2D eigenvalue weighted by molar-refractivity contribution is -0.112. The highest BCUT2D eigenvalue weighted by molar-refractivity contribution is 7.92. The van der Waals surface area contributed by atoms with Gasteiger partial charge in [-0.1, -0.05) is 35.4 Å². The number of rotatable bonds is 12. The second-order valence-corrected chi connectivity index (χ2v) is 9.40. The predicted molar refractivity (Wildman–Crippen MR) is 114 cm³/mol. The highest BCUT2D eigenvalue weighted by atomic mass is 35.5. The van der Waals surface area contributed by atoms with Gasteiger partial charge in [-0.15, -0.1) is 12.6 Å². The molecule has 0 saturated heterocycles. The van der Waals surface area contributed by atoms with Crippen molar-refractivity contribution in [1.82, 2.24) is 9.62 Å². The molecule has 0 aliphatic rings. The number of nitrogens with one attached hydrogen (secondary N) is 1. The summed E-state index contributed by atoms with van der Waals surface area (Å²) in [4.78, 5) is 13.5. The van der Waals surface area contributed by atoms with Gasteiger partial charge in [0.05, 0.1) is 9.90 Å². The maximum absolute atomic E-state index is 12.2. The van der Waals surface area contributed by atoms with Crippen molar-refractivity contribution in [1.29, 1.82) is 0 Å². The zero-order chi connectivity index (χ0) is 20.4. The first-order valence-electron chi connectivity index (χ1n) is 8.13. The summed E-state index contributed by atoms with van der Waals surface area (Å²) in [6, 6.07) is 0. The minimum absolute atomic E-state index is 0.295. The molecule has 0 radical (unpaired) electrons. The Morgan fingerprint density at radius 3 is 2.46 bits per heavy atom. The number of halogens is 1. The molecule has 0 aliphatic carbocycles. The summed E-state index contributed by atoms with van der Waals surface area (Å²) in [5, 5.41) is 1.04. The van der Waals surface area contributed by atoms with Gasteiger partial charge in [0.25, 0.3) is 0 Å². The van der Waals surface area contributed by atoms with Crippen LogP contribution < -0.4 is 4.72 Å². The molecule has 0 saturated carbocycles. The van der Waals surface area contributed by atoms with Crippen LogP contribution in [0.5, 0.6) is 0 Å². The van der Waals surface area contributed by atoms with E-state index >= 15 is 0 Å². The molecule has 1 N–H and O–H groups in total. The molecule has 0 spiro atoms. The minimum atomic E-state index is -3.76. The number of carbonyl (C=O) groups is 1. The molecular weight excluding hydrogens is 392 g/mol. The Kier molecular flexibility index (Phi) is 11.4. The fourth-order valence-corrected chi connectivity index (χ4v) is 3.60. The second kappa shape index (κ2) is 11.8. The molecule has 0 aliphatic heterocycles. The molecule has 0 bridgehead atoms. The molecule has 0 aromatic rings. The molecule has 148 valence electrons. The number of sulfonamides is 1. The standard InChI is InChI=1S/C18H29ClN2O3S2/c1-15(2)13-21(5)11-6-10-18(4,14-22)20-26(23,24)12-9-16(3)7-8-17(19)25/h7-9,12,14,20,25H,1,6,10-11,13H2,2-5H3/b12-9+,16-7+,17-8-/t18-/m0/s1. The number of thiol groups is 1. The lowest BCUT2D eigenvalue weighted by atomic mass is 9.99. The van der Waals surface area contributed by atoms with Gasteiger partial charge in [0, 0.05) is 12.0 Å². The monoisotopic (exact) mass is 420 g/mol. The molecule has 0 aromatic carbocycles. The van der Waals surface area contributed by atoms with Gasteiger partial charge in [0.2, 0.25) is 10.0 Å². The Hall–Kier alpha value is -0.860. The number of aldehydes is 1. The van der Waals surface area contributed by atoms with Gasteiger partial charge < -0.3 is 9.69 Å². The minimum Gasteiger partial charge on any atom is -0.302 e. The summed E-state index contributed by atoms with van der Waals surface area (Å²) in [5.41, 5.74) is 0.574. The van der Waals surface area contributed by atoms with Crippen LogP contribution in [0.1, 0.15) is 33.6 Å². The first-order valence-corrected chi connectivity index (χ1v) is 10.5. The lowest BCUT2D eigenvalue weighted by Gasteiger charge is -2.25. The van der Waals surface area contributed by atoms with E-state index in [4.69, 9.17) is 11.6 Å². The van der Waals surface area contributed by atoms with E-state index in [1.54, 1.807) is 26.0 Å². The van der Waals surface area contributed by atoms with E-state index in [1.165, 1.54) is 6.08 Å². The van der Waals surface area contributed by atoms with Crippen molar-refractivity contribution in [3.05, 3.63) is 45.7 Å². The fourth-order valence-electron chi connectivity index (χ4n) is 2.20. The molecule has 0 amide bonds. The van der Waals surface area contributed by atoms with E-state index in [0.29, 0.717) is 29.1 Å². The molecule has 26 heavy (non-hydrogen) atoms. The van der Waals surface area contributed by atoms with Crippen molar-refractivity contribution >= 4 is 40.5 Å². The van der Waals surface area contributed by atoms with Gasteiger partial charge in [-0.2, -0.15) is 4.72 Å². The van der Waals surface area contributed by atoms with Gasteiger partial charge in [0.1, 0.15) is 6.29 Å². The smallest absolute Gasteiger partial charge is 0.234 e. The molecule has 0 heterocycles. The summed E-state index contributed by atoms with van der Waals surface area (Å²) >= 11 is 9.51. The highest BCUT2D eigenvalue weighted by Crippen LogP contribution is 2.13. The molecule has 0 rings (SSSR count). The summed E-state index contributed by atoms with van der Waals surface area (Å²) < 4.78 is 27.2. The molecule has 1 atom stereocenters. The van der Waals surface area contributed by atoms with Crippen molar-refractivity contribution in [3.63, 3.8) is 0 Å². The van der Waals surface area contributed by atoms with Crippen LogP contribution in [0.2, 0.25) is 0 Å². The highest BCUT2D eigenvalue weighted by Gasteiger charge is 2.27. The fraction of sp³-hybridized carbons (Fsp3) is 0.500. The number of carbonyl (C=O) groups excluding carboxylic acids is 1. The van der Waals surface area contributed by atoms with Crippen LogP contribution in [-0.4, -0.2) is 45.3 Å². The van der Waals surface area contributed by atoms with Crippen LogP contribution in [0.3, 0.4) is 0 Å². The zero-order valence-electron chi connectivity index (χ0n) is 15.8. The van der Waals surface area contributed by atoms with E-state index in [2.05, 4.69) is 28.8 Å². The van der Waals surface area contributed by atoms with Crippen molar-refractivity contribution in [2.45, 2.75) is 39.2 Å². The third-order valence-electron chi connectivity index (χ3n) is 3.41. The Bertz CT molecular complexity index is 681. The maximum atomic E-state index is 12.2.